The van der Waals surface area contributed by atoms with Gasteiger partial charge in [-0.3, -0.25) is 9.59 Å². The Kier molecular flexibility index (Phi) is 6.61. The maximum Gasteiger partial charge on any atom is 0.244 e. The van der Waals surface area contributed by atoms with Crippen LogP contribution in [0.15, 0.2) is 58.3 Å². The third-order valence-corrected chi connectivity index (χ3v) is 8.02. The average molecular weight is 462 g/mol. The molecule has 0 saturated carbocycles. The molecular weight excluding hydrogens is 438 g/mol. The van der Waals surface area contributed by atoms with Crippen molar-refractivity contribution in [2.45, 2.75) is 16.2 Å². The molecule has 8 nitrogen and oxygen atoms in total. The van der Waals surface area contributed by atoms with E-state index in [9.17, 15) is 18.0 Å². The second kappa shape index (κ2) is 9.39. The molecule has 4 rings (SSSR count). The lowest BCUT2D eigenvalue weighted by atomic mass is 10.2. The van der Waals surface area contributed by atoms with Crippen LogP contribution in [0, 0.1) is 0 Å². The molecule has 0 unspecified atom stereocenters. The molecule has 0 spiro atoms. The molecule has 0 aliphatic carbocycles. The SMILES string of the molecule is O=C(CN1C(=O)CCSc2ccc(S(=O)(=O)N3CCOCC3)cc21)Nc1ccccc1. The van der Waals surface area contributed by atoms with E-state index in [0.29, 0.717) is 30.3 Å². The first-order valence-electron chi connectivity index (χ1n) is 9.95. The Hall–Kier alpha value is -2.40. The van der Waals surface area contributed by atoms with Crippen molar-refractivity contribution in [1.82, 2.24) is 4.31 Å². The minimum absolute atomic E-state index is 0.108. The average Bonchev–Trinajstić information content (AvgIpc) is 2.93. The Bertz CT molecular complexity index is 1070. The minimum Gasteiger partial charge on any atom is -0.379 e. The number of fused-ring (bicyclic) bond motifs is 1. The van der Waals surface area contributed by atoms with Gasteiger partial charge in [-0.15, -0.1) is 11.8 Å². The predicted octanol–water partition coefficient (Wildman–Crippen LogP) is 2.17. The highest BCUT2D eigenvalue weighted by atomic mass is 32.2. The molecule has 1 fully saturated rings. The number of rotatable bonds is 5. The molecule has 2 amide bonds. The smallest absolute Gasteiger partial charge is 0.244 e. The summed E-state index contributed by atoms with van der Waals surface area (Å²) in [6.07, 6.45) is 0.267. The largest absolute Gasteiger partial charge is 0.379 e. The normalized spacial score (nSPS) is 17.7. The van der Waals surface area contributed by atoms with Crippen molar-refractivity contribution in [1.29, 1.82) is 0 Å². The van der Waals surface area contributed by atoms with E-state index in [-0.39, 0.29) is 42.8 Å². The Morgan fingerprint density at radius 2 is 1.84 bits per heavy atom. The zero-order valence-electron chi connectivity index (χ0n) is 16.8. The third-order valence-electron chi connectivity index (χ3n) is 5.06. The van der Waals surface area contributed by atoms with Gasteiger partial charge in [0.25, 0.3) is 0 Å². The summed E-state index contributed by atoms with van der Waals surface area (Å²) in [5.41, 5.74) is 1.08. The van der Waals surface area contributed by atoms with Crippen LogP contribution in [0.4, 0.5) is 11.4 Å². The summed E-state index contributed by atoms with van der Waals surface area (Å²) >= 11 is 1.48. The van der Waals surface area contributed by atoms with Crippen LogP contribution in [0.1, 0.15) is 6.42 Å². The summed E-state index contributed by atoms with van der Waals surface area (Å²) in [4.78, 5) is 27.7. The molecule has 1 saturated heterocycles. The zero-order valence-corrected chi connectivity index (χ0v) is 18.5. The van der Waals surface area contributed by atoms with E-state index in [1.165, 1.54) is 27.0 Å². The number of morpholine rings is 1. The summed E-state index contributed by atoms with van der Waals surface area (Å²) in [5, 5.41) is 2.78. The summed E-state index contributed by atoms with van der Waals surface area (Å²) < 4.78 is 32.8. The molecule has 2 aromatic carbocycles. The molecule has 10 heteroatoms. The number of sulfonamides is 1. The fourth-order valence-electron chi connectivity index (χ4n) is 3.48. The quantitative estimate of drug-likeness (QED) is 0.733. The fraction of sp³-hybridized carbons (Fsp3) is 0.333. The van der Waals surface area contributed by atoms with Crippen LogP contribution in [0.25, 0.3) is 0 Å². The van der Waals surface area contributed by atoms with Crippen LogP contribution in [0.5, 0.6) is 0 Å². The van der Waals surface area contributed by atoms with Gasteiger partial charge in [-0.2, -0.15) is 4.31 Å². The molecule has 164 valence electrons. The van der Waals surface area contributed by atoms with Crippen LogP contribution in [-0.4, -0.2) is 63.1 Å². The summed E-state index contributed by atoms with van der Waals surface area (Å²) in [5.74, 6) is 0.00675. The summed E-state index contributed by atoms with van der Waals surface area (Å²) in [6, 6.07) is 13.8. The van der Waals surface area contributed by atoms with Crippen molar-refractivity contribution < 1.29 is 22.7 Å². The number of carbonyl (C=O) groups excluding carboxylic acids is 2. The fourth-order valence-corrected chi connectivity index (χ4v) is 5.89. The Labute approximate surface area is 185 Å². The second-order valence-corrected chi connectivity index (χ2v) is 10.2. The van der Waals surface area contributed by atoms with Crippen LogP contribution < -0.4 is 10.2 Å². The standard InChI is InChI=1S/C21H23N3O5S2/c25-20(22-16-4-2-1-3-5-16)15-24-18-14-17(6-7-19(18)30-13-8-21(24)26)31(27,28)23-9-11-29-12-10-23/h1-7,14H,8-13,15H2,(H,22,25). The highest BCUT2D eigenvalue weighted by molar-refractivity contribution is 7.99. The number of thioether (sulfide) groups is 1. The van der Waals surface area contributed by atoms with Crippen molar-refractivity contribution in [3.8, 4) is 0 Å². The Morgan fingerprint density at radius 1 is 1.10 bits per heavy atom. The van der Waals surface area contributed by atoms with E-state index in [4.69, 9.17) is 4.74 Å². The first kappa shape index (κ1) is 21.8. The highest BCUT2D eigenvalue weighted by Gasteiger charge is 2.30. The molecular formula is C21H23N3O5S2. The first-order valence-corrected chi connectivity index (χ1v) is 12.4. The van der Waals surface area contributed by atoms with E-state index in [0.717, 1.165) is 4.90 Å². The van der Waals surface area contributed by atoms with E-state index in [1.54, 1.807) is 36.4 Å². The molecule has 1 N–H and O–H groups in total. The van der Waals surface area contributed by atoms with Crippen molar-refractivity contribution in [2.24, 2.45) is 0 Å². The van der Waals surface area contributed by atoms with Crippen molar-refractivity contribution in [3.63, 3.8) is 0 Å². The van der Waals surface area contributed by atoms with Gasteiger partial charge in [0, 0.05) is 35.8 Å². The molecule has 2 aliphatic rings. The van der Waals surface area contributed by atoms with Crippen molar-refractivity contribution >= 4 is 45.0 Å². The topological polar surface area (TPSA) is 96.0 Å². The Balaban J connectivity index is 1.62. The van der Waals surface area contributed by atoms with Crippen molar-refractivity contribution in [2.75, 3.05) is 48.8 Å². The number of para-hydroxylation sites is 1. The number of nitrogens with zero attached hydrogens (tertiary/aromatic N) is 2. The lowest BCUT2D eigenvalue weighted by molar-refractivity contribution is -0.121. The van der Waals surface area contributed by atoms with E-state index in [2.05, 4.69) is 5.32 Å². The number of benzene rings is 2. The number of ether oxygens (including phenoxy) is 1. The number of anilines is 2. The third kappa shape index (κ3) is 4.93. The van der Waals surface area contributed by atoms with Crippen LogP contribution in [-0.2, 0) is 24.3 Å². The Morgan fingerprint density at radius 3 is 2.58 bits per heavy atom. The summed E-state index contributed by atoms with van der Waals surface area (Å²) in [7, 11) is -3.72. The second-order valence-electron chi connectivity index (χ2n) is 7.14. The molecule has 31 heavy (non-hydrogen) atoms. The lowest BCUT2D eigenvalue weighted by Gasteiger charge is -2.27. The molecule has 0 radical (unpaired) electrons. The first-order chi connectivity index (χ1) is 14.9. The maximum absolute atomic E-state index is 13.1. The van der Waals surface area contributed by atoms with Gasteiger partial charge < -0.3 is 15.0 Å². The zero-order chi connectivity index (χ0) is 21.8. The van der Waals surface area contributed by atoms with Crippen molar-refractivity contribution in [3.05, 3.63) is 48.5 Å². The highest BCUT2D eigenvalue weighted by Crippen LogP contribution is 2.36. The molecule has 0 bridgehead atoms. The van der Waals surface area contributed by atoms with Gasteiger partial charge in [-0.25, -0.2) is 8.42 Å². The van der Waals surface area contributed by atoms with E-state index >= 15 is 0 Å². The van der Waals surface area contributed by atoms with E-state index in [1.807, 2.05) is 6.07 Å². The lowest BCUT2D eigenvalue weighted by Crippen LogP contribution is -2.41. The summed E-state index contributed by atoms with van der Waals surface area (Å²) in [6.45, 7) is 1.09. The number of hydrogen-bond donors (Lipinski definition) is 1. The van der Waals surface area contributed by atoms with Gasteiger partial charge >= 0.3 is 0 Å². The van der Waals surface area contributed by atoms with Gasteiger partial charge in [0.15, 0.2) is 0 Å². The minimum atomic E-state index is -3.72. The number of carbonyl (C=O) groups is 2. The number of nitrogens with one attached hydrogen (secondary N) is 1. The van der Waals surface area contributed by atoms with Gasteiger partial charge in [0.05, 0.1) is 23.8 Å². The van der Waals surface area contributed by atoms with Gasteiger partial charge in [-0.05, 0) is 30.3 Å². The number of amides is 2. The molecule has 0 atom stereocenters. The van der Waals surface area contributed by atoms with Gasteiger partial charge in [-0.1, -0.05) is 18.2 Å². The van der Waals surface area contributed by atoms with Gasteiger partial charge in [0.1, 0.15) is 6.54 Å². The molecule has 2 heterocycles. The van der Waals surface area contributed by atoms with E-state index < -0.39 is 10.0 Å². The number of hydrogen-bond acceptors (Lipinski definition) is 6. The van der Waals surface area contributed by atoms with Crippen LogP contribution >= 0.6 is 11.8 Å². The predicted molar refractivity (Wildman–Crippen MR) is 119 cm³/mol. The molecule has 2 aliphatic heterocycles. The monoisotopic (exact) mass is 461 g/mol. The maximum atomic E-state index is 13.1. The van der Waals surface area contributed by atoms with Crippen LogP contribution in [0.2, 0.25) is 0 Å². The molecule has 0 aromatic heterocycles. The molecule has 2 aromatic rings. The van der Waals surface area contributed by atoms with Crippen LogP contribution in [0.3, 0.4) is 0 Å². The van der Waals surface area contributed by atoms with Gasteiger partial charge in [0.2, 0.25) is 21.8 Å².